The smallest absolute Gasteiger partial charge is 0.150 e. The summed E-state index contributed by atoms with van der Waals surface area (Å²) in [5.41, 5.74) is 2.45. The normalized spacial score (nSPS) is 23.6. The van der Waals surface area contributed by atoms with E-state index in [9.17, 15) is 9.18 Å². The first-order valence-corrected chi connectivity index (χ1v) is 8.61. The predicted octanol–water partition coefficient (Wildman–Crippen LogP) is 4.27. The summed E-state index contributed by atoms with van der Waals surface area (Å²) in [4.78, 5) is 11.7. The van der Waals surface area contributed by atoms with Crippen LogP contribution in [0.1, 0.15) is 43.2 Å². The summed E-state index contributed by atoms with van der Waals surface area (Å²) < 4.78 is 16.8. The molecule has 3 unspecified atom stereocenters. The average molecular weight is 295 g/mol. The fraction of sp³-hybridized carbons (Fsp3) is 0.562. The molecule has 1 saturated carbocycles. The Hall–Kier alpha value is -0.950. The second-order valence-corrected chi connectivity index (χ2v) is 6.95. The Bertz CT molecular complexity index is 517. The molecule has 2 nitrogen and oxygen atoms in total. The number of anilines is 1. The summed E-state index contributed by atoms with van der Waals surface area (Å²) in [6.07, 6.45) is 2.00. The molecule has 2 rings (SSSR count). The van der Waals surface area contributed by atoms with Crippen molar-refractivity contribution < 1.29 is 9.18 Å². The fourth-order valence-electron chi connectivity index (χ4n) is 2.97. The van der Waals surface area contributed by atoms with Gasteiger partial charge in [-0.15, -0.1) is 0 Å². The van der Waals surface area contributed by atoms with Crippen LogP contribution in [0.15, 0.2) is 12.1 Å². The Balaban J connectivity index is 2.45. The van der Waals surface area contributed by atoms with E-state index < -0.39 is 0 Å². The van der Waals surface area contributed by atoms with E-state index in [1.165, 1.54) is 0 Å². The lowest BCUT2D eigenvalue weighted by atomic mass is 9.75. The number of carbonyl (C=O) groups is 1. The minimum Gasteiger partial charge on any atom is -0.354 e. The highest BCUT2D eigenvalue weighted by atomic mass is 31.1. The predicted molar refractivity (Wildman–Crippen MR) is 84.5 cm³/mol. The number of ketones is 1. The molecule has 1 aromatic carbocycles. The van der Waals surface area contributed by atoms with Crippen LogP contribution in [-0.2, 0) is 4.79 Å². The van der Waals surface area contributed by atoms with Gasteiger partial charge in [-0.05, 0) is 57.8 Å². The van der Waals surface area contributed by atoms with Crippen molar-refractivity contribution in [1.82, 2.24) is 0 Å². The Kier molecular flexibility index (Phi) is 4.80. The van der Waals surface area contributed by atoms with Gasteiger partial charge in [0.1, 0.15) is 11.6 Å². The quantitative estimate of drug-likeness (QED) is 0.776. The van der Waals surface area contributed by atoms with Crippen LogP contribution in [0.5, 0.6) is 0 Å². The van der Waals surface area contributed by atoms with Crippen LogP contribution >= 0.6 is 8.73 Å². The van der Waals surface area contributed by atoms with Gasteiger partial charge < -0.3 is 4.67 Å². The first-order chi connectivity index (χ1) is 9.43. The monoisotopic (exact) mass is 295 g/mol. The number of hydrogen-bond acceptors (Lipinski definition) is 2. The lowest BCUT2D eigenvalue weighted by Gasteiger charge is -2.30. The number of Topliss-reactive ketones (excluding diaryl/α,β-unsaturated/α-hetero) is 1. The zero-order chi connectivity index (χ0) is 14.9. The molecule has 0 saturated heterocycles. The summed E-state index contributed by atoms with van der Waals surface area (Å²) in [7, 11) is 2.43. The molecule has 1 fully saturated rings. The summed E-state index contributed by atoms with van der Waals surface area (Å²) in [6.45, 7) is 6.16. The van der Waals surface area contributed by atoms with Crippen molar-refractivity contribution in [3.8, 4) is 0 Å². The molecule has 3 atom stereocenters. The van der Waals surface area contributed by atoms with Crippen molar-refractivity contribution in [2.45, 2.75) is 39.0 Å². The molecule has 0 aromatic heterocycles. The molecule has 0 N–H and O–H groups in total. The van der Waals surface area contributed by atoms with E-state index >= 15 is 0 Å². The van der Waals surface area contributed by atoms with Crippen molar-refractivity contribution in [2.75, 3.05) is 18.4 Å². The summed E-state index contributed by atoms with van der Waals surface area (Å²) in [5.74, 6) is 0.523. The molecule has 0 heterocycles. The summed E-state index contributed by atoms with van der Waals surface area (Å²) >= 11 is 0. The van der Waals surface area contributed by atoms with E-state index in [2.05, 4.69) is 6.92 Å². The van der Waals surface area contributed by atoms with Gasteiger partial charge in [0, 0.05) is 19.9 Å². The van der Waals surface area contributed by atoms with Gasteiger partial charge in [0.05, 0.1) is 5.69 Å². The minimum atomic E-state index is -0.140. The standard InChI is InChI=1S/C16H23FNOP/c1-10-7-14(13-9-12(19)6-5-11(13)2)16(17)15(8-10)18(3)20-4/h7-8,11,13,20H,5-6,9H2,1-4H3. The minimum absolute atomic E-state index is 0.0310. The molecule has 0 spiro atoms. The van der Waals surface area contributed by atoms with E-state index in [-0.39, 0.29) is 17.5 Å². The molecular formula is C16H23FNOP. The van der Waals surface area contributed by atoms with Crippen LogP contribution in [0.3, 0.4) is 0 Å². The first-order valence-electron chi connectivity index (χ1n) is 7.17. The van der Waals surface area contributed by atoms with E-state index in [4.69, 9.17) is 0 Å². The molecule has 20 heavy (non-hydrogen) atoms. The number of hydrogen-bond donors (Lipinski definition) is 0. The van der Waals surface area contributed by atoms with Crippen molar-refractivity contribution in [3.05, 3.63) is 29.1 Å². The number of halogens is 1. The van der Waals surface area contributed by atoms with Gasteiger partial charge in [0.15, 0.2) is 0 Å². The van der Waals surface area contributed by atoms with Crippen LogP contribution in [0.4, 0.5) is 10.1 Å². The highest BCUT2D eigenvalue weighted by Gasteiger charge is 2.30. The zero-order valence-corrected chi connectivity index (χ0v) is 13.7. The lowest BCUT2D eigenvalue weighted by molar-refractivity contribution is -0.121. The molecule has 0 amide bonds. The van der Waals surface area contributed by atoms with Gasteiger partial charge in [-0.1, -0.05) is 13.0 Å². The van der Waals surface area contributed by atoms with Crippen molar-refractivity contribution in [3.63, 3.8) is 0 Å². The van der Waals surface area contributed by atoms with Gasteiger partial charge in [-0.3, -0.25) is 4.79 Å². The zero-order valence-electron chi connectivity index (χ0n) is 12.7. The molecule has 1 aromatic rings. The van der Waals surface area contributed by atoms with E-state index in [1.807, 2.05) is 37.4 Å². The van der Waals surface area contributed by atoms with Crippen LogP contribution in [0.25, 0.3) is 0 Å². The maximum absolute atomic E-state index is 14.8. The first kappa shape index (κ1) is 15.4. The maximum Gasteiger partial charge on any atom is 0.150 e. The van der Waals surface area contributed by atoms with Gasteiger partial charge in [-0.25, -0.2) is 4.39 Å². The third kappa shape index (κ3) is 3.03. The Morgan fingerprint density at radius 1 is 1.40 bits per heavy atom. The Labute approximate surface area is 122 Å². The van der Waals surface area contributed by atoms with Crippen molar-refractivity contribution in [2.24, 2.45) is 5.92 Å². The van der Waals surface area contributed by atoms with Crippen molar-refractivity contribution in [1.29, 1.82) is 0 Å². The Morgan fingerprint density at radius 2 is 2.10 bits per heavy atom. The molecule has 110 valence electrons. The third-order valence-corrected chi connectivity index (χ3v) is 5.25. The maximum atomic E-state index is 14.8. The van der Waals surface area contributed by atoms with E-state index in [0.717, 1.165) is 17.5 Å². The number of nitrogens with zero attached hydrogens (tertiary/aromatic N) is 1. The molecule has 1 aliphatic rings. The molecule has 0 radical (unpaired) electrons. The number of benzene rings is 1. The average Bonchev–Trinajstić information content (AvgIpc) is 2.43. The second-order valence-electron chi connectivity index (χ2n) is 5.84. The number of aryl methyl sites for hydroxylation is 1. The number of rotatable bonds is 3. The molecule has 0 aliphatic heterocycles. The summed E-state index contributed by atoms with van der Waals surface area (Å²) in [6, 6.07) is 3.82. The highest BCUT2D eigenvalue weighted by molar-refractivity contribution is 7.39. The molecule has 1 aliphatic carbocycles. The fourth-order valence-corrected chi connectivity index (χ4v) is 3.37. The molecular weight excluding hydrogens is 272 g/mol. The van der Waals surface area contributed by atoms with Crippen LogP contribution in [-0.4, -0.2) is 19.5 Å². The van der Waals surface area contributed by atoms with Crippen LogP contribution in [0.2, 0.25) is 0 Å². The largest absolute Gasteiger partial charge is 0.354 e. The van der Waals surface area contributed by atoms with E-state index in [0.29, 0.717) is 33.2 Å². The van der Waals surface area contributed by atoms with Gasteiger partial charge in [0.25, 0.3) is 0 Å². The number of carbonyl (C=O) groups excluding carboxylic acids is 1. The summed E-state index contributed by atoms with van der Waals surface area (Å²) in [5, 5.41) is 0. The lowest BCUT2D eigenvalue weighted by Crippen LogP contribution is -2.23. The molecule has 4 heteroatoms. The van der Waals surface area contributed by atoms with Crippen LogP contribution < -0.4 is 4.67 Å². The van der Waals surface area contributed by atoms with Crippen LogP contribution in [0, 0.1) is 18.7 Å². The molecule has 0 bridgehead atoms. The Morgan fingerprint density at radius 3 is 2.75 bits per heavy atom. The van der Waals surface area contributed by atoms with E-state index in [1.54, 1.807) is 0 Å². The van der Waals surface area contributed by atoms with Crippen molar-refractivity contribution >= 4 is 20.2 Å². The third-order valence-electron chi connectivity index (χ3n) is 4.34. The van der Waals surface area contributed by atoms with Gasteiger partial charge in [-0.2, -0.15) is 0 Å². The topological polar surface area (TPSA) is 20.3 Å². The highest BCUT2D eigenvalue weighted by Crippen LogP contribution is 2.40. The SMILES string of the molecule is CPN(C)c1cc(C)cc(C2CC(=O)CCC2C)c1F. The van der Waals surface area contributed by atoms with Gasteiger partial charge >= 0.3 is 0 Å². The second kappa shape index (κ2) is 6.22. The van der Waals surface area contributed by atoms with Gasteiger partial charge in [0.2, 0.25) is 0 Å².